The number of fused-ring (bicyclic) bond motifs is 1. The van der Waals surface area contributed by atoms with E-state index in [1.165, 1.54) is 11.8 Å². The van der Waals surface area contributed by atoms with E-state index in [9.17, 15) is 9.59 Å². The Morgan fingerprint density at radius 3 is 2.70 bits per heavy atom. The fourth-order valence-corrected chi connectivity index (χ4v) is 4.71. The van der Waals surface area contributed by atoms with Crippen LogP contribution in [0.5, 0.6) is 0 Å². The Hall–Kier alpha value is -2.12. The largest absolute Gasteiger partial charge is 0.338 e. The summed E-state index contributed by atoms with van der Waals surface area (Å²) in [5.41, 5.74) is 2.03. The Balaban J connectivity index is 1.61. The Labute approximate surface area is 166 Å². The molecule has 7 heteroatoms. The molecule has 3 aromatic rings. The average Bonchev–Trinajstić information content (AvgIpc) is 2.94. The first kappa shape index (κ1) is 19.6. The Morgan fingerprint density at radius 1 is 1.26 bits per heavy atom. The van der Waals surface area contributed by atoms with Gasteiger partial charge in [0.25, 0.3) is 5.56 Å². The molecule has 0 radical (unpaired) electrons. The predicted molar refractivity (Wildman–Crippen MR) is 113 cm³/mol. The number of H-pyrrole nitrogens is 1. The van der Waals surface area contributed by atoms with E-state index in [0.717, 1.165) is 20.8 Å². The van der Waals surface area contributed by atoms with E-state index in [2.05, 4.69) is 9.97 Å². The maximum absolute atomic E-state index is 12.5. The molecule has 2 heterocycles. The highest BCUT2D eigenvalue weighted by atomic mass is 32.2. The van der Waals surface area contributed by atoms with E-state index < -0.39 is 0 Å². The minimum atomic E-state index is -0.0944. The van der Waals surface area contributed by atoms with Gasteiger partial charge in [-0.15, -0.1) is 23.1 Å². The Kier molecular flexibility index (Phi) is 6.34. The van der Waals surface area contributed by atoms with Crippen molar-refractivity contribution in [3.05, 3.63) is 62.5 Å². The number of amides is 1. The first-order chi connectivity index (χ1) is 13.0. The maximum atomic E-state index is 12.5. The van der Waals surface area contributed by atoms with Gasteiger partial charge < -0.3 is 9.88 Å². The minimum absolute atomic E-state index is 0.0944. The van der Waals surface area contributed by atoms with Crippen LogP contribution < -0.4 is 5.56 Å². The summed E-state index contributed by atoms with van der Waals surface area (Å²) in [5, 5.41) is 0.683. The first-order valence-corrected chi connectivity index (χ1v) is 10.8. The molecule has 0 saturated heterocycles. The van der Waals surface area contributed by atoms with Gasteiger partial charge in [-0.3, -0.25) is 9.59 Å². The summed E-state index contributed by atoms with van der Waals surface area (Å²) in [6.07, 6.45) is 0. The smallest absolute Gasteiger partial charge is 0.259 e. The minimum Gasteiger partial charge on any atom is -0.338 e. The van der Waals surface area contributed by atoms with Crippen LogP contribution in [0.1, 0.15) is 28.8 Å². The van der Waals surface area contributed by atoms with Crippen LogP contribution in [-0.4, -0.2) is 33.1 Å². The SMILES string of the molecule is CCN(Cc1ccccc1)C(=O)CSCc1nc2sc(C)c(C)c2c(=O)[nH]1. The average molecular weight is 402 g/mol. The van der Waals surface area contributed by atoms with Crippen molar-refractivity contribution in [3.63, 3.8) is 0 Å². The number of carbonyl (C=O) groups is 1. The van der Waals surface area contributed by atoms with Gasteiger partial charge in [-0.1, -0.05) is 30.3 Å². The van der Waals surface area contributed by atoms with Crippen molar-refractivity contribution in [2.75, 3.05) is 12.3 Å². The highest BCUT2D eigenvalue weighted by molar-refractivity contribution is 7.99. The lowest BCUT2D eigenvalue weighted by Gasteiger charge is -2.20. The number of hydrogen-bond acceptors (Lipinski definition) is 5. The maximum Gasteiger partial charge on any atom is 0.259 e. The van der Waals surface area contributed by atoms with Crippen LogP contribution in [0.3, 0.4) is 0 Å². The first-order valence-electron chi connectivity index (χ1n) is 8.88. The van der Waals surface area contributed by atoms with E-state index in [0.29, 0.717) is 35.8 Å². The van der Waals surface area contributed by atoms with Gasteiger partial charge >= 0.3 is 0 Å². The number of nitrogens with one attached hydrogen (secondary N) is 1. The number of aromatic amines is 1. The molecule has 0 aliphatic heterocycles. The number of aryl methyl sites for hydroxylation is 2. The van der Waals surface area contributed by atoms with Gasteiger partial charge in [0.1, 0.15) is 10.7 Å². The molecule has 2 aromatic heterocycles. The molecule has 0 saturated carbocycles. The highest BCUT2D eigenvalue weighted by Crippen LogP contribution is 2.26. The molecule has 1 N–H and O–H groups in total. The van der Waals surface area contributed by atoms with Gasteiger partial charge in [-0.2, -0.15) is 0 Å². The summed E-state index contributed by atoms with van der Waals surface area (Å²) in [7, 11) is 0. The molecule has 1 aromatic carbocycles. The second-order valence-corrected chi connectivity index (χ2v) is 8.55. The summed E-state index contributed by atoms with van der Waals surface area (Å²) in [5.74, 6) is 1.59. The number of benzene rings is 1. The number of nitrogens with zero attached hydrogens (tertiary/aromatic N) is 2. The van der Waals surface area contributed by atoms with Crippen molar-refractivity contribution in [2.24, 2.45) is 0 Å². The molecule has 27 heavy (non-hydrogen) atoms. The molecule has 0 atom stereocenters. The topological polar surface area (TPSA) is 66.1 Å². The zero-order chi connectivity index (χ0) is 19.4. The lowest BCUT2D eigenvalue weighted by atomic mass is 10.2. The van der Waals surface area contributed by atoms with Gasteiger partial charge in [0.2, 0.25) is 5.91 Å². The molecule has 142 valence electrons. The Morgan fingerprint density at radius 2 is 2.00 bits per heavy atom. The zero-order valence-electron chi connectivity index (χ0n) is 15.7. The quantitative estimate of drug-likeness (QED) is 0.652. The van der Waals surface area contributed by atoms with Gasteiger partial charge in [0, 0.05) is 18.0 Å². The molecule has 0 spiro atoms. The van der Waals surface area contributed by atoms with Crippen LogP contribution in [0.25, 0.3) is 10.2 Å². The third-order valence-corrected chi connectivity index (χ3v) is 6.53. The van der Waals surface area contributed by atoms with E-state index in [1.807, 2.05) is 56.0 Å². The molecule has 0 aliphatic rings. The summed E-state index contributed by atoms with van der Waals surface area (Å²) in [6, 6.07) is 9.98. The van der Waals surface area contributed by atoms with Crippen molar-refractivity contribution in [1.82, 2.24) is 14.9 Å². The number of rotatable bonds is 7. The van der Waals surface area contributed by atoms with Crippen LogP contribution in [0.15, 0.2) is 35.1 Å². The number of thioether (sulfide) groups is 1. The van der Waals surface area contributed by atoms with Gasteiger partial charge in [0.05, 0.1) is 16.9 Å². The predicted octanol–water partition coefficient (Wildman–Crippen LogP) is 3.88. The molecule has 0 fully saturated rings. The standard InChI is InChI=1S/C20H23N3O2S2/c1-4-23(10-15-8-6-5-7-9-15)17(24)12-26-11-16-21-19(25)18-13(2)14(3)27-20(18)22-16/h5-9H,4,10-12H2,1-3H3,(H,21,22,25). The van der Waals surface area contributed by atoms with Crippen LogP contribution >= 0.6 is 23.1 Å². The van der Waals surface area contributed by atoms with Crippen molar-refractivity contribution in [2.45, 2.75) is 33.1 Å². The van der Waals surface area contributed by atoms with Gasteiger partial charge in [0.15, 0.2) is 0 Å². The molecular weight excluding hydrogens is 378 g/mol. The Bertz CT molecular complexity index is 996. The second kappa shape index (κ2) is 8.71. The molecule has 0 unspecified atom stereocenters. The van der Waals surface area contributed by atoms with E-state index >= 15 is 0 Å². The van der Waals surface area contributed by atoms with E-state index in [4.69, 9.17) is 0 Å². The zero-order valence-corrected chi connectivity index (χ0v) is 17.4. The van der Waals surface area contributed by atoms with Crippen LogP contribution in [-0.2, 0) is 17.1 Å². The summed E-state index contributed by atoms with van der Waals surface area (Å²) < 4.78 is 0. The molecule has 5 nitrogen and oxygen atoms in total. The molecule has 3 rings (SSSR count). The van der Waals surface area contributed by atoms with E-state index in [-0.39, 0.29) is 11.5 Å². The normalized spacial score (nSPS) is 11.1. The lowest BCUT2D eigenvalue weighted by molar-refractivity contribution is -0.128. The van der Waals surface area contributed by atoms with Crippen molar-refractivity contribution in [1.29, 1.82) is 0 Å². The van der Waals surface area contributed by atoms with Gasteiger partial charge in [-0.05, 0) is 31.9 Å². The fourth-order valence-electron chi connectivity index (χ4n) is 2.87. The van der Waals surface area contributed by atoms with E-state index in [1.54, 1.807) is 11.3 Å². The van der Waals surface area contributed by atoms with Crippen LogP contribution in [0, 0.1) is 13.8 Å². The lowest BCUT2D eigenvalue weighted by Crippen LogP contribution is -2.31. The summed E-state index contributed by atoms with van der Waals surface area (Å²) in [4.78, 5) is 36.0. The summed E-state index contributed by atoms with van der Waals surface area (Å²) in [6.45, 7) is 7.22. The molecule has 0 bridgehead atoms. The van der Waals surface area contributed by atoms with Crippen molar-refractivity contribution >= 4 is 39.2 Å². The van der Waals surface area contributed by atoms with Crippen LogP contribution in [0.2, 0.25) is 0 Å². The highest BCUT2D eigenvalue weighted by Gasteiger charge is 2.14. The second-order valence-electron chi connectivity index (χ2n) is 6.36. The number of carbonyl (C=O) groups excluding carboxylic acids is 1. The molecule has 0 aliphatic carbocycles. The fraction of sp³-hybridized carbons (Fsp3) is 0.350. The molecular formula is C20H23N3O2S2. The van der Waals surface area contributed by atoms with Crippen LogP contribution in [0.4, 0.5) is 0 Å². The number of aromatic nitrogens is 2. The third-order valence-electron chi connectivity index (χ3n) is 4.50. The summed E-state index contributed by atoms with van der Waals surface area (Å²) >= 11 is 3.02. The molecule has 1 amide bonds. The number of thiophene rings is 1. The monoisotopic (exact) mass is 401 g/mol. The van der Waals surface area contributed by atoms with Crippen molar-refractivity contribution < 1.29 is 4.79 Å². The van der Waals surface area contributed by atoms with Gasteiger partial charge in [-0.25, -0.2) is 4.98 Å². The third kappa shape index (κ3) is 4.59. The van der Waals surface area contributed by atoms with Crippen molar-refractivity contribution in [3.8, 4) is 0 Å². The number of hydrogen-bond donors (Lipinski definition) is 1.